The molecule has 5 aromatic rings. The minimum atomic E-state index is -1.05. The molecule has 0 spiro atoms. The summed E-state index contributed by atoms with van der Waals surface area (Å²) in [5.41, 5.74) is 4.18. The van der Waals surface area contributed by atoms with Crippen molar-refractivity contribution in [3.05, 3.63) is 117 Å². The molecule has 3 aromatic heterocycles. The minimum Gasteiger partial charge on any atom is -0.505 e. The largest absolute Gasteiger partial charge is 0.505 e. The lowest BCUT2D eigenvalue weighted by Crippen LogP contribution is -2.29. The van der Waals surface area contributed by atoms with Gasteiger partial charge in [-0.05, 0) is 55.7 Å². The second kappa shape index (κ2) is 11.0. The monoisotopic (exact) mass is 592 g/mol. The van der Waals surface area contributed by atoms with E-state index in [1.54, 1.807) is 38.1 Å². The number of imidazole rings is 1. The Bertz CT molecular complexity index is 1960. The van der Waals surface area contributed by atoms with E-state index >= 15 is 0 Å². The number of Topliss-reactive ketones (excluding diaryl/α,β-unsaturated/α-hetero) is 2. The molecule has 1 unspecified atom stereocenters. The van der Waals surface area contributed by atoms with Crippen molar-refractivity contribution in [3.63, 3.8) is 0 Å². The number of hydrogen-bond acceptors (Lipinski definition) is 8. The first kappa shape index (κ1) is 28.0. The van der Waals surface area contributed by atoms with E-state index in [2.05, 4.69) is 9.97 Å². The molecule has 43 heavy (non-hydrogen) atoms. The van der Waals surface area contributed by atoms with Gasteiger partial charge in [-0.1, -0.05) is 59.9 Å². The van der Waals surface area contributed by atoms with E-state index in [0.717, 1.165) is 22.5 Å². The van der Waals surface area contributed by atoms with Crippen molar-refractivity contribution in [3.8, 4) is 5.75 Å². The molecule has 1 aliphatic heterocycles. The van der Waals surface area contributed by atoms with Crippen LogP contribution in [0, 0.1) is 20.8 Å². The molecule has 0 saturated carbocycles. The van der Waals surface area contributed by atoms with Crippen LogP contribution in [-0.4, -0.2) is 36.9 Å². The maximum atomic E-state index is 13.7. The van der Waals surface area contributed by atoms with Crippen LogP contribution in [0.5, 0.6) is 5.75 Å². The lowest BCUT2D eigenvalue weighted by Gasteiger charge is -2.23. The Hall–Kier alpha value is -5.09. The molecule has 10 heteroatoms. The number of aromatic nitrogens is 3. The van der Waals surface area contributed by atoms with Crippen molar-refractivity contribution in [2.45, 2.75) is 40.3 Å². The number of ketones is 2. The molecule has 1 amide bonds. The van der Waals surface area contributed by atoms with E-state index in [1.165, 1.54) is 11.8 Å². The number of carbonyl (C=O) groups excluding carboxylic acids is 3. The van der Waals surface area contributed by atoms with Crippen LogP contribution in [0.2, 0.25) is 0 Å². The fourth-order valence-electron chi connectivity index (χ4n) is 5.35. The number of hydrogen-bond donors (Lipinski definition) is 1. The first-order valence-electron chi connectivity index (χ1n) is 13.7. The number of amides is 1. The van der Waals surface area contributed by atoms with Crippen molar-refractivity contribution in [2.24, 2.45) is 0 Å². The number of aliphatic hydroxyl groups excluding tert-OH is 1. The molecule has 1 fully saturated rings. The Balaban J connectivity index is 1.52. The van der Waals surface area contributed by atoms with Gasteiger partial charge in [-0.25, -0.2) is 9.97 Å². The van der Waals surface area contributed by atoms with Gasteiger partial charge in [0.25, 0.3) is 5.78 Å². The Labute approximate surface area is 251 Å². The summed E-state index contributed by atoms with van der Waals surface area (Å²) in [6.07, 6.45) is 1.83. The fraction of sp³-hybridized carbons (Fsp3) is 0.182. The van der Waals surface area contributed by atoms with Gasteiger partial charge in [-0.2, -0.15) is 0 Å². The molecule has 0 bridgehead atoms. The number of pyridine rings is 1. The minimum absolute atomic E-state index is 0.119. The zero-order chi connectivity index (χ0) is 30.4. The highest BCUT2D eigenvalue weighted by atomic mass is 32.1. The number of anilines is 1. The van der Waals surface area contributed by atoms with Crippen LogP contribution in [0.4, 0.5) is 5.13 Å². The molecule has 216 valence electrons. The maximum absolute atomic E-state index is 13.7. The normalized spacial score (nSPS) is 16.3. The van der Waals surface area contributed by atoms with E-state index in [0.29, 0.717) is 39.8 Å². The Morgan fingerprint density at radius 3 is 2.47 bits per heavy atom. The number of thiazole rings is 1. The van der Waals surface area contributed by atoms with Crippen molar-refractivity contribution in [1.82, 2.24) is 14.4 Å². The summed E-state index contributed by atoms with van der Waals surface area (Å²) in [6.45, 7) is 7.13. The molecule has 4 heterocycles. The van der Waals surface area contributed by atoms with Crippen molar-refractivity contribution in [2.75, 3.05) is 4.90 Å². The van der Waals surface area contributed by atoms with Gasteiger partial charge < -0.3 is 14.2 Å². The number of nitrogens with zero attached hydrogens (tertiary/aromatic N) is 4. The first-order valence-corrected chi connectivity index (χ1v) is 14.5. The molecule has 9 nitrogen and oxygen atoms in total. The summed E-state index contributed by atoms with van der Waals surface area (Å²) in [6, 6.07) is 19.5. The van der Waals surface area contributed by atoms with Gasteiger partial charge in [-0.3, -0.25) is 19.3 Å². The number of fused-ring (bicyclic) bond motifs is 1. The zero-order valence-corrected chi connectivity index (χ0v) is 24.8. The summed E-state index contributed by atoms with van der Waals surface area (Å²) in [5, 5.41) is 11.9. The van der Waals surface area contributed by atoms with Gasteiger partial charge in [0.2, 0.25) is 0 Å². The third-order valence-electron chi connectivity index (χ3n) is 7.49. The van der Waals surface area contributed by atoms with Gasteiger partial charge in [0, 0.05) is 13.1 Å². The number of carbonyl (C=O) groups is 3. The zero-order valence-electron chi connectivity index (χ0n) is 24.0. The van der Waals surface area contributed by atoms with Crippen LogP contribution < -0.4 is 9.64 Å². The van der Waals surface area contributed by atoms with Crippen molar-refractivity contribution < 1.29 is 24.2 Å². The van der Waals surface area contributed by atoms with Gasteiger partial charge in [-0.15, -0.1) is 0 Å². The number of benzene rings is 2. The molecule has 2 aromatic carbocycles. The number of ether oxygens (including phenoxy) is 1. The summed E-state index contributed by atoms with van der Waals surface area (Å²) in [7, 11) is 0. The highest BCUT2D eigenvalue weighted by Crippen LogP contribution is 2.44. The lowest BCUT2D eigenvalue weighted by atomic mass is 9.96. The summed E-state index contributed by atoms with van der Waals surface area (Å²) >= 11 is 1.04. The van der Waals surface area contributed by atoms with E-state index in [1.807, 2.05) is 60.0 Å². The molecular formula is C33H28N4O5S. The van der Waals surface area contributed by atoms with Gasteiger partial charge in [0.1, 0.15) is 23.7 Å². The number of aryl methyl sites for hydroxylation is 3. The molecule has 1 aliphatic rings. The van der Waals surface area contributed by atoms with E-state index < -0.39 is 17.7 Å². The van der Waals surface area contributed by atoms with Gasteiger partial charge in [0.15, 0.2) is 16.7 Å². The lowest BCUT2D eigenvalue weighted by molar-refractivity contribution is -0.132. The maximum Gasteiger partial charge on any atom is 0.301 e. The van der Waals surface area contributed by atoms with Gasteiger partial charge >= 0.3 is 5.91 Å². The van der Waals surface area contributed by atoms with E-state index in [4.69, 9.17) is 4.74 Å². The SMILES string of the molecule is CC(=O)c1sc(N2C(=O)C(=O)/C(=C(/O)c3nc4c(C)cccn4c3C)C2c2cccc(OCc3ccccc3)c2)nc1C. The van der Waals surface area contributed by atoms with Crippen LogP contribution in [0.3, 0.4) is 0 Å². The molecule has 0 radical (unpaired) electrons. The van der Waals surface area contributed by atoms with Gasteiger partial charge in [0.05, 0.1) is 27.9 Å². The van der Waals surface area contributed by atoms with Crippen LogP contribution >= 0.6 is 11.3 Å². The second-order valence-electron chi connectivity index (χ2n) is 10.4. The van der Waals surface area contributed by atoms with E-state index in [-0.39, 0.29) is 27.9 Å². The molecule has 6 rings (SSSR count). The van der Waals surface area contributed by atoms with Crippen LogP contribution in [0.1, 0.15) is 56.4 Å². The summed E-state index contributed by atoms with van der Waals surface area (Å²) in [5.74, 6) is -1.79. The average molecular weight is 593 g/mol. The molecular weight excluding hydrogens is 564 g/mol. The van der Waals surface area contributed by atoms with E-state index in [9.17, 15) is 19.5 Å². The van der Waals surface area contributed by atoms with Crippen molar-refractivity contribution >= 4 is 45.3 Å². The van der Waals surface area contributed by atoms with Crippen LogP contribution in [0.25, 0.3) is 11.4 Å². The predicted molar refractivity (Wildman–Crippen MR) is 164 cm³/mol. The standard InChI is InChI=1S/C33H28N4O5S/c1-18-10-9-15-36-20(3)26(35-31(18)36)28(39)25-27(23-13-8-14-24(16-23)42-17-22-11-6-5-7-12-22)37(32(41)29(25)40)33-34-19(2)30(43-33)21(4)38/h5-16,27,39H,17H2,1-4H3/b28-25+. The smallest absolute Gasteiger partial charge is 0.301 e. The van der Waals surface area contributed by atoms with Crippen molar-refractivity contribution in [1.29, 1.82) is 0 Å². The average Bonchev–Trinajstić information content (AvgIpc) is 3.64. The first-order chi connectivity index (χ1) is 20.7. The topological polar surface area (TPSA) is 114 Å². The highest BCUT2D eigenvalue weighted by Gasteiger charge is 2.49. The second-order valence-corrected chi connectivity index (χ2v) is 11.4. The predicted octanol–water partition coefficient (Wildman–Crippen LogP) is 6.12. The summed E-state index contributed by atoms with van der Waals surface area (Å²) in [4.78, 5) is 50.5. The molecule has 1 saturated heterocycles. The van der Waals surface area contributed by atoms with Crippen LogP contribution in [0.15, 0.2) is 78.5 Å². The third kappa shape index (κ3) is 4.89. The summed E-state index contributed by atoms with van der Waals surface area (Å²) < 4.78 is 7.88. The Kier molecular flexibility index (Phi) is 7.15. The number of rotatable bonds is 7. The fourth-order valence-corrected chi connectivity index (χ4v) is 6.34. The molecule has 1 N–H and O–H groups in total. The van der Waals surface area contributed by atoms with Crippen LogP contribution in [-0.2, 0) is 16.2 Å². The Morgan fingerprint density at radius 2 is 1.77 bits per heavy atom. The number of aliphatic hydroxyl groups is 1. The third-order valence-corrected chi connectivity index (χ3v) is 8.74. The molecule has 1 atom stereocenters. The Morgan fingerprint density at radius 1 is 1.00 bits per heavy atom. The molecule has 0 aliphatic carbocycles. The highest BCUT2D eigenvalue weighted by molar-refractivity contribution is 7.18. The quantitative estimate of drug-likeness (QED) is 0.105.